The highest BCUT2D eigenvalue weighted by Crippen LogP contribution is 2.37. The number of anilines is 1. The predicted molar refractivity (Wildman–Crippen MR) is 110 cm³/mol. The van der Waals surface area contributed by atoms with Gasteiger partial charge in [-0.25, -0.2) is 0 Å². The highest BCUT2D eigenvalue weighted by Gasteiger charge is 2.24. The first kappa shape index (κ1) is 20.1. The van der Waals surface area contributed by atoms with Gasteiger partial charge in [-0.05, 0) is 35.9 Å². The van der Waals surface area contributed by atoms with Gasteiger partial charge in [-0.3, -0.25) is 4.79 Å². The molecule has 1 amide bonds. The number of carbonyl (C=O) groups is 1. The number of phenols is 1. The predicted octanol–water partition coefficient (Wildman–Crippen LogP) is 2.67. The van der Waals surface area contributed by atoms with Crippen molar-refractivity contribution in [2.45, 2.75) is 0 Å². The van der Waals surface area contributed by atoms with Crippen molar-refractivity contribution in [3.8, 4) is 23.3 Å². The summed E-state index contributed by atoms with van der Waals surface area (Å²) in [5.41, 5.74) is 1.68. The molecule has 29 heavy (non-hydrogen) atoms. The van der Waals surface area contributed by atoms with Gasteiger partial charge in [0.2, 0.25) is 5.75 Å². The summed E-state index contributed by atoms with van der Waals surface area (Å²) in [5.74, 6) is -0.0335. The number of ether oxygens (including phenoxy) is 2. The number of para-hydroxylation sites is 1. The molecule has 0 saturated carbocycles. The van der Waals surface area contributed by atoms with Gasteiger partial charge < -0.3 is 24.4 Å². The minimum absolute atomic E-state index is 0.0213. The van der Waals surface area contributed by atoms with Crippen molar-refractivity contribution < 1.29 is 19.4 Å². The second-order valence-electron chi connectivity index (χ2n) is 6.56. The monoisotopic (exact) mass is 393 g/mol. The van der Waals surface area contributed by atoms with Crippen LogP contribution < -0.4 is 14.4 Å². The maximum absolute atomic E-state index is 12.9. The first-order chi connectivity index (χ1) is 14.1. The lowest BCUT2D eigenvalue weighted by molar-refractivity contribution is -0.126. The molecule has 0 aliphatic carbocycles. The van der Waals surface area contributed by atoms with Crippen LogP contribution in [0.2, 0.25) is 0 Å². The second-order valence-corrected chi connectivity index (χ2v) is 6.56. The summed E-state index contributed by atoms with van der Waals surface area (Å²) in [7, 11) is 2.84. The largest absolute Gasteiger partial charge is 0.502 e. The van der Waals surface area contributed by atoms with Crippen LogP contribution in [0.3, 0.4) is 0 Å². The van der Waals surface area contributed by atoms with Crippen molar-refractivity contribution in [3.05, 3.63) is 53.6 Å². The molecule has 7 heteroatoms. The summed E-state index contributed by atoms with van der Waals surface area (Å²) in [6, 6.07) is 15.1. The van der Waals surface area contributed by atoms with E-state index in [0.717, 1.165) is 5.69 Å². The normalized spacial score (nSPS) is 14.3. The molecule has 2 aromatic rings. The van der Waals surface area contributed by atoms with Crippen LogP contribution in [0.15, 0.2) is 48.0 Å². The number of carbonyl (C=O) groups excluding carboxylic acids is 1. The molecule has 7 nitrogen and oxygen atoms in total. The van der Waals surface area contributed by atoms with Crippen molar-refractivity contribution in [1.82, 2.24) is 4.90 Å². The van der Waals surface area contributed by atoms with Gasteiger partial charge in [-0.15, -0.1) is 0 Å². The molecule has 3 rings (SSSR count). The molecule has 0 atom stereocenters. The lowest BCUT2D eigenvalue weighted by Gasteiger charge is -2.36. The van der Waals surface area contributed by atoms with Crippen molar-refractivity contribution >= 4 is 17.7 Å². The number of nitriles is 1. The zero-order valence-electron chi connectivity index (χ0n) is 16.5. The van der Waals surface area contributed by atoms with E-state index in [9.17, 15) is 15.2 Å². The summed E-state index contributed by atoms with van der Waals surface area (Å²) in [6.07, 6.45) is 1.48. The van der Waals surface area contributed by atoms with Crippen LogP contribution in [-0.4, -0.2) is 56.3 Å². The van der Waals surface area contributed by atoms with Crippen LogP contribution in [0.25, 0.3) is 6.08 Å². The Morgan fingerprint density at radius 3 is 2.17 bits per heavy atom. The molecule has 0 unspecified atom stereocenters. The van der Waals surface area contributed by atoms with Crippen LogP contribution in [-0.2, 0) is 4.79 Å². The number of amides is 1. The highest BCUT2D eigenvalue weighted by molar-refractivity contribution is 6.02. The third-order valence-corrected chi connectivity index (χ3v) is 4.85. The van der Waals surface area contributed by atoms with Crippen molar-refractivity contribution in [2.75, 3.05) is 45.3 Å². The molecule has 1 aliphatic heterocycles. The maximum Gasteiger partial charge on any atom is 0.264 e. The number of methoxy groups -OCH3 is 2. The van der Waals surface area contributed by atoms with E-state index >= 15 is 0 Å². The standard InChI is InChI=1S/C22H23N3O4/c1-28-19-13-16(14-20(29-2)21(19)26)12-17(15-23)22(27)25-10-8-24(9-11-25)18-6-4-3-5-7-18/h3-7,12-14,26H,8-11H2,1-2H3/b17-12-. The molecule has 0 bridgehead atoms. The summed E-state index contributed by atoms with van der Waals surface area (Å²) in [4.78, 5) is 16.8. The third-order valence-electron chi connectivity index (χ3n) is 4.85. The quantitative estimate of drug-likeness (QED) is 0.621. The lowest BCUT2D eigenvalue weighted by atomic mass is 10.1. The fraction of sp³-hybridized carbons (Fsp3) is 0.273. The molecular weight excluding hydrogens is 370 g/mol. The zero-order valence-corrected chi connectivity index (χ0v) is 16.5. The second kappa shape index (κ2) is 9.02. The molecule has 1 N–H and O–H groups in total. The SMILES string of the molecule is COc1cc(/C=C(/C#N)C(=O)N2CCN(c3ccccc3)CC2)cc(OC)c1O. The lowest BCUT2D eigenvalue weighted by Crippen LogP contribution is -2.49. The first-order valence-corrected chi connectivity index (χ1v) is 9.23. The van der Waals surface area contributed by atoms with Gasteiger partial charge in [-0.1, -0.05) is 18.2 Å². The van der Waals surface area contributed by atoms with E-state index in [2.05, 4.69) is 4.90 Å². The Bertz CT molecular complexity index is 917. The Labute approximate surface area is 170 Å². The van der Waals surface area contributed by atoms with Gasteiger partial charge in [0, 0.05) is 31.9 Å². The van der Waals surface area contributed by atoms with Crippen LogP contribution in [0.1, 0.15) is 5.56 Å². The number of hydrogen-bond acceptors (Lipinski definition) is 6. The molecule has 0 aromatic heterocycles. The molecule has 1 fully saturated rings. The number of rotatable bonds is 5. The van der Waals surface area contributed by atoms with Gasteiger partial charge in [0.1, 0.15) is 11.6 Å². The fourth-order valence-corrected chi connectivity index (χ4v) is 3.28. The van der Waals surface area contributed by atoms with E-state index in [1.54, 1.807) is 17.0 Å². The van der Waals surface area contributed by atoms with Gasteiger partial charge in [0.15, 0.2) is 11.5 Å². The van der Waals surface area contributed by atoms with Crippen LogP contribution in [0.5, 0.6) is 17.2 Å². The molecule has 0 radical (unpaired) electrons. The topological polar surface area (TPSA) is 86.0 Å². The minimum atomic E-state index is -0.314. The van der Waals surface area contributed by atoms with E-state index in [-0.39, 0.29) is 28.7 Å². The summed E-state index contributed by atoms with van der Waals surface area (Å²) in [5, 5.41) is 19.6. The van der Waals surface area contributed by atoms with Crippen LogP contribution in [0.4, 0.5) is 5.69 Å². The van der Waals surface area contributed by atoms with E-state index in [1.165, 1.54) is 20.3 Å². The fourth-order valence-electron chi connectivity index (χ4n) is 3.28. The van der Waals surface area contributed by atoms with Crippen molar-refractivity contribution in [2.24, 2.45) is 0 Å². The number of nitrogens with zero attached hydrogens (tertiary/aromatic N) is 3. The van der Waals surface area contributed by atoms with Gasteiger partial charge >= 0.3 is 0 Å². The van der Waals surface area contributed by atoms with E-state index < -0.39 is 0 Å². The Morgan fingerprint density at radius 1 is 1.07 bits per heavy atom. The van der Waals surface area contributed by atoms with E-state index in [0.29, 0.717) is 31.7 Å². The summed E-state index contributed by atoms with van der Waals surface area (Å²) >= 11 is 0. The smallest absolute Gasteiger partial charge is 0.264 e. The Balaban J connectivity index is 1.75. The van der Waals surface area contributed by atoms with Gasteiger partial charge in [0.25, 0.3) is 5.91 Å². The number of hydrogen-bond donors (Lipinski definition) is 1. The van der Waals surface area contributed by atoms with Crippen molar-refractivity contribution in [1.29, 1.82) is 5.26 Å². The Kier molecular flexibility index (Phi) is 6.25. The van der Waals surface area contributed by atoms with Gasteiger partial charge in [-0.2, -0.15) is 5.26 Å². The first-order valence-electron chi connectivity index (χ1n) is 9.23. The minimum Gasteiger partial charge on any atom is -0.502 e. The number of benzene rings is 2. The number of aromatic hydroxyl groups is 1. The summed E-state index contributed by atoms with van der Waals surface area (Å²) < 4.78 is 10.3. The summed E-state index contributed by atoms with van der Waals surface area (Å²) in [6.45, 7) is 2.48. The van der Waals surface area contributed by atoms with Crippen LogP contribution in [0, 0.1) is 11.3 Å². The molecule has 1 heterocycles. The maximum atomic E-state index is 12.9. The molecule has 150 valence electrons. The Morgan fingerprint density at radius 2 is 1.66 bits per heavy atom. The van der Waals surface area contributed by atoms with Gasteiger partial charge in [0.05, 0.1) is 14.2 Å². The molecule has 0 spiro atoms. The highest BCUT2D eigenvalue weighted by atomic mass is 16.5. The zero-order chi connectivity index (χ0) is 20.8. The number of phenolic OH excluding ortho intramolecular Hbond substituents is 1. The average Bonchev–Trinajstić information content (AvgIpc) is 2.78. The van der Waals surface area contributed by atoms with E-state index in [1.807, 2.05) is 36.4 Å². The number of piperazine rings is 1. The molecule has 1 aliphatic rings. The molecule has 1 saturated heterocycles. The van der Waals surface area contributed by atoms with Crippen molar-refractivity contribution in [3.63, 3.8) is 0 Å². The molecular formula is C22H23N3O4. The third kappa shape index (κ3) is 4.43. The van der Waals surface area contributed by atoms with Crippen LogP contribution >= 0.6 is 0 Å². The molecule has 2 aromatic carbocycles. The average molecular weight is 393 g/mol. The van der Waals surface area contributed by atoms with E-state index in [4.69, 9.17) is 9.47 Å². The Hall–Kier alpha value is -3.66.